The van der Waals surface area contributed by atoms with E-state index in [4.69, 9.17) is 14.6 Å². The molecule has 1 rings (SSSR count). The zero-order chi connectivity index (χ0) is 16.2. The highest BCUT2D eigenvalue weighted by Crippen LogP contribution is 1.99. The van der Waals surface area contributed by atoms with Gasteiger partial charge in [-0.05, 0) is 6.42 Å². The molecule has 0 aliphatic heterocycles. The molecule has 0 saturated heterocycles. The van der Waals surface area contributed by atoms with Crippen LogP contribution in [0, 0.1) is 0 Å². The summed E-state index contributed by atoms with van der Waals surface area (Å²) < 4.78 is 10.4. The molecule has 1 amide bonds. The summed E-state index contributed by atoms with van der Waals surface area (Å²) in [6, 6.07) is -1.02. The van der Waals surface area contributed by atoms with Gasteiger partial charge in [-0.1, -0.05) is 13.3 Å². The molecule has 0 saturated carbocycles. The molecule has 8 heteroatoms. The fourth-order valence-corrected chi connectivity index (χ4v) is 1.68. The van der Waals surface area contributed by atoms with Crippen molar-refractivity contribution in [3.05, 3.63) is 18.2 Å². The summed E-state index contributed by atoms with van der Waals surface area (Å²) in [4.78, 5) is 29.4. The number of nitrogens with one attached hydrogen (secondary N) is 2. The zero-order valence-electron chi connectivity index (χ0n) is 12.7. The van der Waals surface area contributed by atoms with Crippen molar-refractivity contribution in [2.24, 2.45) is 0 Å². The molecule has 8 nitrogen and oxygen atoms in total. The fraction of sp³-hybridized carbons (Fsp3) is 0.643. The van der Waals surface area contributed by atoms with Gasteiger partial charge >= 0.3 is 5.97 Å². The minimum absolute atomic E-state index is 0.140. The predicted molar refractivity (Wildman–Crippen MR) is 78.4 cm³/mol. The number of H-pyrrole nitrogens is 1. The topological polar surface area (TPSA) is 114 Å². The minimum Gasteiger partial charge on any atom is -0.480 e. The predicted octanol–water partition coefficient (Wildman–Crippen LogP) is 0.355. The van der Waals surface area contributed by atoms with Crippen LogP contribution in [0.25, 0.3) is 0 Å². The van der Waals surface area contributed by atoms with Crippen LogP contribution in [0.4, 0.5) is 0 Å². The van der Waals surface area contributed by atoms with E-state index in [1.165, 1.54) is 12.5 Å². The van der Waals surface area contributed by atoms with E-state index in [2.05, 4.69) is 22.2 Å². The third-order valence-corrected chi connectivity index (χ3v) is 2.86. The Morgan fingerprint density at radius 3 is 2.77 bits per heavy atom. The van der Waals surface area contributed by atoms with Crippen LogP contribution >= 0.6 is 0 Å². The van der Waals surface area contributed by atoms with E-state index in [1.807, 2.05) is 0 Å². The number of carboxylic acid groups (broad SMARTS) is 1. The molecular formula is C14H23N3O5. The third-order valence-electron chi connectivity index (χ3n) is 2.86. The molecule has 124 valence electrons. The summed E-state index contributed by atoms with van der Waals surface area (Å²) in [6.07, 6.45) is 5.18. The monoisotopic (exact) mass is 313 g/mol. The average molecular weight is 313 g/mol. The molecule has 0 aromatic carbocycles. The Hall–Kier alpha value is -1.93. The number of aliphatic carboxylic acids is 1. The number of aromatic amines is 1. The second kappa shape index (κ2) is 10.7. The number of carbonyl (C=O) groups excluding carboxylic acids is 1. The molecule has 0 bridgehead atoms. The highest BCUT2D eigenvalue weighted by atomic mass is 16.5. The first-order valence-corrected chi connectivity index (χ1v) is 7.28. The van der Waals surface area contributed by atoms with Crippen molar-refractivity contribution in [1.29, 1.82) is 0 Å². The summed E-state index contributed by atoms with van der Waals surface area (Å²) in [5.74, 6) is -1.58. The maximum Gasteiger partial charge on any atom is 0.326 e. The van der Waals surface area contributed by atoms with Crippen molar-refractivity contribution in [1.82, 2.24) is 15.3 Å². The van der Waals surface area contributed by atoms with Gasteiger partial charge in [-0.2, -0.15) is 0 Å². The molecule has 0 unspecified atom stereocenters. The van der Waals surface area contributed by atoms with Gasteiger partial charge in [-0.15, -0.1) is 0 Å². The number of rotatable bonds is 12. The Balaban J connectivity index is 2.19. The molecule has 1 aromatic heterocycles. The molecule has 22 heavy (non-hydrogen) atoms. The van der Waals surface area contributed by atoms with E-state index >= 15 is 0 Å². The molecule has 1 aromatic rings. The zero-order valence-corrected chi connectivity index (χ0v) is 12.7. The van der Waals surface area contributed by atoms with Crippen molar-refractivity contribution in [3.8, 4) is 0 Å². The van der Waals surface area contributed by atoms with Gasteiger partial charge in [0.2, 0.25) is 5.91 Å². The maximum atomic E-state index is 11.7. The Morgan fingerprint density at radius 2 is 2.14 bits per heavy atom. The van der Waals surface area contributed by atoms with Gasteiger partial charge in [0.1, 0.15) is 12.6 Å². The van der Waals surface area contributed by atoms with E-state index in [9.17, 15) is 9.59 Å². The lowest BCUT2D eigenvalue weighted by molar-refractivity contribution is -0.142. The molecule has 1 heterocycles. The summed E-state index contributed by atoms with van der Waals surface area (Å²) in [5.41, 5.74) is 0.637. The summed E-state index contributed by atoms with van der Waals surface area (Å²) >= 11 is 0. The van der Waals surface area contributed by atoms with Crippen LogP contribution in [-0.4, -0.2) is 59.4 Å². The van der Waals surface area contributed by atoms with Crippen LogP contribution in [0.5, 0.6) is 0 Å². The first kappa shape index (κ1) is 18.1. The van der Waals surface area contributed by atoms with Crippen LogP contribution < -0.4 is 5.32 Å². The molecule has 3 N–H and O–H groups in total. The van der Waals surface area contributed by atoms with Crippen molar-refractivity contribution >= 4 is 11.9 Å². The van der Waals surface area contributed by atoms with Crippen LogP contribution in [0.2, 0.25) is 0 Å². The summed E-state index contributed by atoms with van der Waals surface area (Å²) in [7, 11) is 0. The maximum absolute atomic E-state index is 11.7. The highest BCUT2D eigenvalue weighted by Gasteiger charge is 2.20. The first-order chi connectivity index (χ1) is 10.6. The van der Waals surface area contributed by atoms with Crippen LogP contribution in [0.3, 0.4) is 0 Å². The Morgan fingerprint density at radius 1 is 1.36 bits per heavy atom. The lowest BCUT2D eigenvalue weighted by Gasteiger charge is -2.13. The van der Waals surface area contributed by atoms with Crippen molar-refractivity contribution < 1.29 is 24.2 Å². The number of amides is 1. The van der Waals surface area contributed by atoms with Gasteiger partial charge < -0.3 is 24.9 Å². The minimum atomic E-state index is -1.11. The van der Waals surface area contributed by atoms with Crippen molar-refractivity contribution in [2.45, 2.75) is 32.2 Å². The van der Waals surface area contributed by atoms with E-state index in [-0.39, 0.29) is 13.0 Å². The second-order valence-corrected chi connectivity index (χ2v) is 4.76. The van der Waals surface area contributed by atoms with Crippen molar-refractivity contribution in [2.75, 3.05) is 26.4 Å². The average Bonchev–Trinajstić information content (AvgIpc) is 2.98. The van der Waals surface area contributed by atoms with Gasteiger partial charge in [0.05, 0.1) is 19.5 Å². The number of hydrogen-bond donors (Lipinski definition) is 3. The highest BCUT2D eigenvalue weighted by molar-refractivity contribution is 5.84. The van der Waals surface area contributed by atoms with Crippen LogP contribution in [-0.2, 0) is 25.5 Å². The SMILES string of the molecule is CCCCOCCOCC(=O)N[C@@H](Cc1cnc[nH]1)C(=O)O. The van der Waals surface area contributed by atoms with E-state index in [1.54, 1.807) is 0 Å². The van der Waals surface area contributed by atoms with Gasteiger partial charge in [0, 0.05) is 24.9 Å². The third kappa shape index (κ3) is 7.75. The number of unbranched alkanes of at least 4 members (excludes halogenated alkanes) is 1. The lowest BCUT2D eigenvalue weighted by Crippen LogP contribution is -2.44. The first-order valence-electron chi connectivity index (χ1n) is 7.28. The van der Waals surface area contributed by atoms with Gasteiger partial charge in [0.25, 0.3) is 0 Å². The Labute approximate surface area is 129 Å². The standard InChI is InChI=1S/C14H23N3O5/c1-2-3-4-21-5-6-22-9-13(18)17-12(14(19)20)7-11-8-15-10-16-11/h8,10,12H,2-7,9H2,1H3,(H,15,16)(H,17,18)(H,19,20)/t12-/m0/s1. The lowest BCUT2D eigenvalue weighted by atomic mass is 10.1. The number of carbonyl (C=O) groups is 2. The van der Waals surface area contributed by atoms with E-state index in [0.29, 0.717) is 25.5 Å². The van der Waals surface area contributed by atoms with Crippen LogP contribution in [0.1, 0.15) is 25.5 Å². The quantitative estimate of drug-likeness (QED) is 0.480. The normalized spacial score (nSPS) is 12.0. The molecule has 1 atom stereocenters. The number of hydrogen-bond acceptors (Lipinski definition) is 5. The summed E-state index contributed by atoms with van der Waals surface area (Å²) in [5, 5.41) is 11.5. The fourth-order valence-electron chi connectivity index (χ4n) is 1.68. The second-order valence-electron chi connectivity index (χ2n) is 4.76. The van der Waals surface area contributed by atoms with Crippen LogP contribution in [0.15, 0.2) is 12.5 Å². The Kier molecular flexibility index (Phi) is 8.85. The molecule has 0 radical (unpaired) electrons. The smallest absolute Gasteiger partial charge is 0.326 e. The molecule has 0 aliphatic rings. The van der Waals surface area contributed by atoms with Gasteiger partial charge in [-0.3, -0.25) is 4.79 Å². The number of nitrogens with zero attached hydrogens (tertiary/aromatic N) is 1. The molecule has 0 spiro atoms. The molecule has 0 aliphatic carbocycles. The molecule has 0 fully saturated rings. The molecular weight excluding hydrogens is 290 g/mol. The number of carboxylic acids is 1. The van der Waals surface area contributed by atoms with E-state index in [0.717, 1.165) is 12.8 Å². The van der Waals surface area contributed by atoms with Gasteiger partial charge in [0.15, 0.2) is 0 Å². The van der Waals surface area contributed by atoms with Gasteiger partial charge in [-0.25, -0.2) is 9.78 Å². The Bertz CT molecular complexity index is 436. The number of ether oxygens (including phenoxy) is 2. The summed E-state index contributed by atoms with van der Waals surface area (Å²) in [6.45, 7) is 3.28. The van der Waals surface area contributed by atoms with E-state index < -0.39 is 17.9 Å². The largest absolute Gasteiger partial charge is 0.480 e. The number of imidazole rings is 1. The van der Waals surface area contributed by atoms with Crippen molar-refractivity contribution in [3.63, 3.8) is 0 Å². The number of aromatic nitrogens is 2.